The maximum atomic E-state index is 13.8. The molecular formula is C16H15ClFNO. The van der Waals surface area contributed by atoms with Gasteiger partial charge in [-0.25, -0.2) is 4.39 Å². The first-order chi connectivity index (χ1) is 9.74. The molecule has 0 bridgehead atoms. The van der Waals surface area contributed by atoms with Crippen molar-refractivity contribution in [2.45, 2.75) is 19.6 Å². The van der Waals surface area contributed by atoms with Gasteiger partial charge in [0.15, 0.2) is 0 Å². The first-order valence-electron chi connectivity index (χ1n) is 6.62. The molecular weight excluding hydrogens is 277 g/mol. The van der Waals surface area contributed by atoms with Crippen molar-refractivity contribution in [3.8, 4) is 5.75 Å². The Balaban J connectivity index is 1.73. The van der Waals surface area contributed by atoms with Gasteiger partial charge in [-0.1, -0.05) is 29.8 Å². The molecule has 3 rings (SSSR count). The lowest BCUT2D eigenvalue weighted by Crippen LogP contribution is -2.23. The monoisotopic (exact) mass is 291 g/mol. The second kappa shape index (κ2) is 5.81. The van der Waals surface area contributed by atoms with Gasteiger partial charge in [0.05, 0.1) is 5.02 Å². The van der Waals surface area contributed by atoms with E-state index in [1.807, 2.05) is 12.1 Å². The molecule has 0 fully saturated rings. The molecule has 0 aromatic heterocycles. The molecule has 104 valence electrons. The Morgan fingerprint density at radius 3 is 3.00 bits per heavy atom. The summed E-state index contributed by atoms with van der Waals surface area (Å²) in [5, 5.41) is 3.45. The minimum absolute atomic E-state index is 0.126. The number of benzene rings is 2. The Kier molecular flexibility index (Phi) is 3.90. The Hall–Kier alpha value is -1.58. The van der Waals surface area contributed by atoms with Crippen LogP contribution in [0, 0.1) is 5.82 Å². The van der Waals surface area contributed by atoms with E-state index in [9.17, 15) is 4.39 Å². The van der Waals surface area contributed by atoms with E-state index in [2.05, 4.69) is 11.4 Å². The molecule has 2 aromatic carbocycles. The zero-order valence-corrected chi connectivity index (χ0v) is 11.7. The van der Waals surface area contributed by atoms with Crippen LogP contribution >= 0.6 is 11.6 Å². The molecule has 0 spiro atoms. The summed E-state index contributed by atoms with van der Waals surface area (Å²) >= 11 is 5.75. The summed E-state index contributed by atoms with van der Waals surface area (Å²) in [6, 6.07) is 11.0. The quantitative estimate of drug-likeness (QED) is 0.931. The van der Waals surface area contributed by atoms with Crippen molar-refractivity contribution < 1.29 is 9.13 Å². The lowest BCUT2D eigenvalue weighted by Gasteiger charge is -2.18. The molecule has 1 heterocycles. The largest absolute Gasteiger partial charge is 0.489 e. The third-order valence-electron chi connectivity index (χ3n) is 3.49. The molecule has 1 N–H and O–H groups in total. The normalized spacial score (nSPS) is 13.9. The van der Waals surface area contributed by atoms with E-state index in [4.69, 9.17) is 16.3 Å². The molecule has 1 aliphatic heterocycles. The summed E-state index contributed by atoms with van der Waals surface area (Å²) < 4.78 is 19.4. The van der Waals surface area contributed by atoms with Crippen LogP contribution in [0.4, 0.5) is 4.39 Å². The SMILES string of the molecule is Fc1c(Cl)cccc1COc1ccc2c(c1)CNCC2. The van der Waals surface area contributed by atoms with Crippen molar-refractivity contribution >= 4 is 11.6 Å². The van der Waals surface area contributed by atoms with Crippen molar-refractivity contribution in [3.63, 3.8) is 0 Å². The Bertz CT molecular complexity index is 630. The van der Waals surface area contributed by atoms with Gasteiger partial charge < -0.3 is 10.1 Å². The molecule has 0 amide bonds. The van der Waals surface area contributed by atoms with E-state index in [0.717, 1.165) is 25.3 Å². The van der Waals surface area contributed by atoms with E-state index >= 15 is 0 Å². The Labute approximate surface area is 122 Å². The first-order valence-corrected chi connectivity index (χ1v) is 7.00. The molecule has 2 aromatic rings. The molecule has 0 atom stereocenters. The van der Waals surface area contributed by atoms with E-state index in [1.165, 1.54) is 17.2 Å². The van der Waals surface area contributed by atoms with Crippen LogP contribution in [0.2, 0.25) is 5.02 Å². The second-order valence-electron chi connectivity index (χ2n) is 4.86. The lowest BCUT2D eigenvalue weighted by atomic mass is 10.0. The number of rotatable bonds is 3. The molecule has 0 unspecified atom stereocenters. The Morgan fingerprint density at radius 2 is 2.10 bits per heavy atom. The standard InChI is InChI=1S/C16H15ClFNO/c17-15-3-1-2-12(16(15)18)10-20-14-5-4-11-6-7-19-9-13(11)8-14/h1-5,8,19H,6-7,9-10H2. The van der Waals surface area contributed by atoms with Gasteiger partial charge >= 0.3 is 0 Å². The highest BCUT2D eigenvalue weighted by Crippen LogP contribution is 2.23. The topological polar surface area (TPSA) is 21.3 Å². The Morgan fingerprint density at radius 1 is 1.20 bits per heavy atom. The van der Waals surface area contributed by atoms with Crippen LogP contribution in [0.1, 0.15) is 16.7 Å². The minimum Gasteiger partial charge on any atom is -0.489 e. The van der Waals surface area contributed by atoms with Crippen LogP contribution in [-0.4, -0.2) is 6.54 Å². The molecule has 2 nitrogen and oxygen atoms in total. The fourth-order valence-electron chi connectivity index (χ4n) is 2.37. The third-order valence-corrected chi connectivity index (χ3v) is 3.78. The van der Waals surface area contributed by atoms with Crippen molar-refractivity contribution in [2.24, 2.45) is 0 Å². The van der Waals surface area contributed by atoms with Crippen molar-refractivity contribution in [2.75, 3.05) is 6.54 Å². The number of hydrogen-bond acceptors (Lipinski definition) is 2. The smallest absolute Gasteiger partial charge is 0.148 e. The summed E-state index contributed by atoms with van der Waals surface area (Å²) in [7, 11) is 0. The molecule has 4 heteroatoms. The van der Waals surface area contributed by atoms with Gasteiger partial charge in [0, 0.05) is 12.1 Å². The summed E-state index contributed by atoms with van der Waals surface area (Å²) in [6.45, 7) is 2.05. The van der Waals surface area contributed by atoms with E-state index in [1.54, 1.807) is 12.1 Å². The van der Waals surface area contributed by atoms with Crippen LogP contribution < -0.4 is 10.1 Å². The van der Waals surface area contributed by atoms with Gasteiger partial charge in [0.1, 0.15) is 18.2 Å². The average molecular weight is 292 g/mol. The minimum atomic E-state index is -0.409. The van der Waals surface area contributed by atoms with E-state index in [-0.39, 0.29) is 11.6 Å². The average Bonchev–Trinajstić information content (AvgIpc) is 2.48. The third kappa shape index (κ3) is 2.79. The van der Waals surface area contributed by atoms with Gasteiger partial charge in [-0.2, -0.15) is 0 Å². The van der Waals surface area contributed by atoms with Crippen LogP contribution in [0.3, 0.4) is 0 Å². The predicted molar refractivity (Wildman–Crippen MR) is 77.6 cm³/mol. The van der Waals surface area contributed by atoms with Gasteiger partial charge in [-0.15, -0.1) is 0 Å². The predicted octanol–water partition coefficient (Wildman–Crippen LogP) is 3.70. The molecule has 0 saturated carbocycles. The maximum absolute atomic E-state index is 13.8. The summed E-state index contributed by atoms with van der Waals surface area (Å²) in [5.74, 6) is 0.348. The second-order valence-corrected chi connectivity index (χ2v) is 5.27. The number of nitrogens with one attached hydrogen (secondary N) is 1. The number of halogens is 2. The van der Waals surface area contributed by atoms with Gasteiger partial charge in [-0.3, -0.25) is 0 Å². The first kappa shape index (κ1) is 13.4. The van der Waals surface area contributed by atoms with Crippen molar-refractivity contribution in [1.82, 2.24) is 5.32 Å². The van der Waals surface area contributed by atoms with Crippen LogP contribution in [0.15, 0.2) is 36.4 Å². The fourth-order valence-corrected chi connectivity index (χ4v) is 2.56. The van der Waals surface area contributed by atoms with Crippen LogP contribution in [0.25, 0.3) is 0 Å². The number of hydrogen-bond donors (Lipinski definition) is 1. The number of fused-ring (bicyclic) bond motifs is 1. The van der Waals surface area contributed by atoms with Crippen LogP contribution in [-0.2, 0) is 19.6 Å². The zero-order chi connectivity index (χ0) is 13.9. The maximum Gasteiger partial charge on any atom is 0.148 e. The zero-order valence-electron chi connectivity index (χ0n) is 11.0. The fraction of sp³-hybridized carbons (Fsp3) is 0.250. The molecule has 1 aliphatic rings. The van der Waals surface area contributed by atoms with Crippen LogP contribution in [0.5, 0.6) is 5.75 Å². The highest BCUT2D eigenvalue weighted by molar-refractivity contribution is 6.30. The van der Waals surface area contributed by atoms with Gasteiger partial charge in [0.2, 0.25) is 0 Å². The summed E-state index contributed by atoms with van der Waals surface area (Å²) in [6.07, 6.45) is 1.04. The van der Waals surface area contributed by atoms with E-state index in [0.29, 0.717) is 5.56 Å². The van der Waals surface area contributed by atoms with Crippen molar-refractivity contribution in [1.29, 1.82) is 0 Å². The highest BCUT2D eigenvalue weighted by Gasteiger charge is 2.10. The van der Waals surface area contributed by atoms with E-state index < -0.39 is 5.82 Å². The summed E-state index contributed by atoms with van der Waals surface area (Å²) in [4.78, 5) is 0. The van der Waals surface area contributed by atoms with Crippen molar-refractivity contribution in [3.05, 3.63) is 63.9 Å². The van der Waals surface area contributed by atoms with Gasteiger partial charge in [0.25, 0.3) is 0 Å². The van der Waals surface area contributed by atoms with Gasteiger partial charge in [-0.05, 0) is 42.3 Å². The number of ether oxygens (including phenoxy) is 1. The lowest BCUT2D eigenvalue weighted by molar-refractivity contribution is 0.299. The highest BCUT2D eigenvalue weighted by atomic mass is 35.5. The molecule has 0 saturated heterocycles. The molecule has 20 heavy (non-hydrogen) atoms. The molecule has 0 radical (unpaired) electrons. The summed E-state index contributed by atoms with van der Waals surface area (Å²) in [5.41, 5.74) is 3.07. The molecule has 0 aliphatic carbocycles.